The number of esters is 1. The van der Waals surface area contributed by atoms with Crippen molar-refractivity contribution < 1.29 is 31.9 Å². The van der Waals surface area contributed by atoms with Crippen LogP contribution >= 0.6 is 0 Å². The minimum Gasteiger partial charge on any atom is -0.438 e. The quantitative estimate of drug-likeness (QED) is 0.652. The highest BCUT2D eigenvalue weighted by Crippen LogP contribution is 2.29. The van der Waals surface area contributed by atoms with Gasteiger partial charge >= 0.3 is 12.1 Å². The lowest BCUT2D eigenvalue weighted by Crippen LogP contribution is -2.63. The molecule has 2 heterocycles. The normalized spacial score (nSPS) is 23.5. The van der Waals surface area contributed by atoms with E-state index >= 15 is 0 Å². The van der Waals surface area contributed by atoms with E-state index < -0.39 is 31.1 Å². The first-order valence-corrected chi connectivity index (χ1v) is 7.31. The fourth-order valence-electron chi connectivity index (χ4n) is 3.05. The molecular formula is C15H14F4N2O3. The average molecular weight is 346 g/mol. The van der Waals surface area contributed by atoms with Gasteiger partial charge < -0.3 is 9.64 Å². The summed E-state index contributed by atoms with van der Waals surface area (Å²) >= 11 is 0. The Morgan fingerprint density at radius 2 is 2.12 bits per heavy atom. The molecule has 1 N–H and O–H groups in total. The summed E-state index contributed by atoms with van der Waals surface area (Å²) in [6, 6.07) is 3.77. The Hall–Kier alpha value is -2.16. The maximum atomic E-state index is 12.8. The third kappa shape index (κ3) is 2.95. The summed E-state index contributed by atoms with van der Waals surface area (Å²) in [5, 5.41) is 2.69. The first-order valence-electron chi connectivity index (χ1n) is 7.31. The van der Waals surface area contributed by atoms with Crippen LogP contribution in [0.25, 0.3) is 0 Å². The molecule has 0 aromatic heterocycles. The van der Waals surface area contributed by atoms with Crippen molar-refractivity contribution in [1.29, 1.82) is 0 Å². The first-order chi connectivity index (χ1) is 11.3. The molecule has 1 aromatic carbocycles. The Morgan fingerprint density at radius 3 is 2.79 bits per heavy atom. The lowest BCUT2D eigenvalue weighted by atomic mass is 9.90. The second-order valence-electron chi connectivity index (χ2n) is 5.67. The van der Waals surface area contributed by atoms with Crippen LogP contribution in [0, 0.1) is 0 Å². The van der Waals surface area contributed by atoms with Gasteiger partial charge in [-0.2, -0.15) is 13.2 Å². The van der Waals surface area contributed by atoms with E-state index in [1.54, 1.807) is 0 Å². The van der Waals surface area contributed by atoms with Crippen molar-refractivity contribution in [3.8, 4) is 0 Å². The number of amides is 1. The smallest absolute Gasteiger partial charge is 0.438 e. The number of nitrogens with zero attached hydrogens (tertiary/aromatic N) is 1. The zero-order chi connectivity index (χ0) is 17.5. The van der Waals surface area contributed by atoms with Crippen LogP contribution in [0.5, 0.6) is 0 Å². The Bertz CT molecular complexity index is 677. The highest BCUT2D eigenvalue weighted by atomic mass is 19.4. The molecule has 0 spiro atoms. The van der Waals surface area contributed by atoms with Gasteiger partial charge in [-0.15, -0.1) is 0 Å². The summed E-state index contributed by atoms with van der Waals surface area (Å²) < 4.78 is 54.6. The summed E-state index contributed by atoms with van der Waals surface area (Å²) in [4.78, 5) is 25.0. The predicted octanol–water partition coefficient (Wildman–Crippen LogP) is 1.56. The number of benzene rings is 1. The highest BCUT2D eigenvalue weighted by molar-refractivity contribution is 5.97. The maximum Gasteiger partial charge on any atom is 0.490 e. The molecule has 2 aliphatic rings. The molecule has 0 saturated carbocycles. The van der Waals surface area contributed by atoms with Gasteiger partial charge in [-0.25, -0.2) is 9.18 Å². The molecule has 1 amide bonds. The molecule has 3 rings (SSSR count). The molecule has 1 unspecified atom stereocenters. The average Bonchev–Trinajstić information content (AvgIpc) is 2.54. The topological polar surface area (TPSA) is 58.6 Å². The Labute approximate surface area is 134 Å². The molecule has 5 nitrogen and oxygen atoms in total. The van der Waals surface area contributed by atoms with E-state index in [9.17, 15) is 27.2 Å². The number of nitrogens with one attached hydrogen (secondary N) is 1. The first kappa shape index (κ1) is 16.7. The van der Waals surface area contributed by atoms with Crippen LogP contribution in [-0.4, -0.2) is 48.3 Å². The molecule has 130 valence electrons. The number of piperazine rings is 1. The number of alkyl halides is 4. The van der Waals surface area contributed by atoms with Gasteiger partial charge in [0.05, 0.1) is 6.04 Å². The van der Waals surface area contributed by atoms with Gasteiger partial charge in [0.25, 0.3) is 5.91 Å². The molecule has 1 saturated heterocycles. The van der Waals surface area contributed by atoms with Gasteiger partial charge in [0.2, 0.25) is 0 Å². The van der Waals surface area contributed by atoms with Crippen molar-refractivity contribution in [2.45, 2.75) is 31.5 Å². The standard InChI is InChI=1S/C15H14F4N2O3/c16-7-8-1-2-10-9(5-8)6-11-12(24-14(23)15(17,18)19)20-3-4-21(11)13(10)22/h1-2,5,11-12,20H,3-4,6-7H2/t11-,12?/m1/s1. The van der Waals surface area contributed by atoms with Crippen molar-refractivity contribution in [2.75, 3.05) is 13.1 Å². The fraction of sp³-hybridized carbons (Fsp3) is 0.467. The molecule has 24 heavy (non-hydrogen) atoms. The van der Waals surface area contributed by atoms with E-state index in [1.807, 2.05) is 0 Å². The van der Waals surface area contributed by atoms with Crippen molar-refractivity contribution in [2.24, 2.45) is 0 Å². The third-order valence-corrected chi connectivity index (χ3v) is 4.16. The molecule has 0 bridgehead atoms. The predicted molar refractivity (Wildman–Crippen MR) is 73.7 cm³/mol. The maximum absolute atomic E-state index is 12.8. The molecule has 2 aliphatic heterocycles. The zero-order valence-electron chi connectivity index (χ0n) is 12.4. The van der Waals surface area contributed by atoms with Crippen molar-refractivity contribution in [3.63, 3.8) is 0 Å². The van der Waals surface area contributed by atoms with Crippen LogP contribution in [0.1, 0.15) is 21.5 Å². The number of hydrogen-bond acceptors (Lipinski definition) is 4. The molecular weight excluding hydrogens is 332 g/mol. The van der Waals surface area contributed by atoms with E-state index in [0.29, 0.717) is 16.7 Å². The van der Waals surface area contributed by atoms with Crippen molar-refractivity contribution in [3.05, 3.63) is 34.9 Å². The fourth-order valence-corrected chi connectivity index (χ4v) is 3.05. The number of carbonyl (C=O) groups is 2. The highest BCUT2D eigenvalue weighted by Gasteiger charge is 2.46. The van der Waals surface area contributed by atoms with E-state index in [4.69, 9.17) is 0 Å². The molecule has 0 radical (unpaired) electrons. The molecule has 9 heteroatoms. The molecule has 0 aliphatic carbocycles. The third-order valence-electron chi connectivity index (χ3n) is 4.16. The Kier molecular flexibility index (Phi) is 4.20. The lowest BCUT2D eigenvalue weighted by Gasteiger charge is -2.44. The van der Waals surface area contributed by atoms with Crippen LogP contribution in [0.15, 0.2) is 18.2 Å². The number of carbonyl (C=O) groups excluding carboxylic acids is 2. The van der Waals surface area contributed by atoms with Crippen LogP contribution in [0.2, 0.25) is 0 Å². The number of fused-ring (bicyclic) bond motifs is 2. The van der Waals surface area contributed by atoms with Crippen LogP contribution in [-0.2, 0) is 22.6 Å². The van der Waals surface area contributed by atoms with Crippen molar-refractivity contribution >= 4 is 11.9 Å². The SMILES string of the molecule is O=C1c2ccc(CF)cc2C[C@@H]2C(OC(=O)C(F)(F)F)NCCN12. The molecule has 2 atom stereocenters. The van der Waals surface area contributed by atoms with E-state index in [-0.39, 0.29) is 25.4 Å². The summed E-state index contributed by atoms with van der Waals surface area (Å²) in [7, 11) is 0. The molecule has 1 fully saturated rings. The number of ether oxygens (including phenoxy) is 1. The number of rotatable bonds is 2. The van der Waals surface area contributed by atoms with Gasteiger partial charge in [-0.1, -0.05) is 12.1 Å². The largest absolute Gasteiger partial charge is 0.490 e. The van der Waals surface area contributed by atoms with Crippen LogP contribution < -0.4 is 5.32 Å². The van der Waals surface area contributed by atoms with Gasteiger partial charge in [-0.3, -0.25) is 10.1 Å². The second kappa shape index (κ2) is 6.04. The van der Waals surface area contributed by atoms with Crippen LogP contribution in [0.3, 0.4) is 0 Å². The van der Waals surface area contributed by atoms with E-state index in [0.717, 1.165) is 0 Å². The van der Waals surface area contributed by atoms with E-state index in [1.165, 1.54) is 23.1 Å². The summed E-state index contributed by atoms with van der Waals surface area (Å²) in [5.74, 6) is -2.67. The summed E-state index contributed by atoms with van der Waals surface area (Å²) in [5.41, 5.74) is 1.31. The monoisotopic (exact) mass is 346 g/mol. The van der Waals surface area contributed by atoms with E-state index in [2.05, 4.69) is 10.1 Å². The zero-order valence-corrected chi connectivity index (χ0v) is 12.4. The second-order valence-corrected chi connectivity index (χ2v) is 5.67. The van der Waals surface area contributed by atoms with Gasteiger partial charge in [0.15, 0.2) is 6.23 Å². The Balaban J connectivity index is 1.87. The summed E-state index contributed by atoms with van der Waals surface area (Å²) in [6.07, 6.45) is -6.20. The van der Waals surface area contributed by atoms with Gasteiger partial charge in [0.1, 0.15) is 6.67 Å². The van der Waals surface area contributed by atoms with Crippen molar-refractivity contribution in [1.82, 2.24) is 10.2 Å². The Morgan fingerprint density at radius 1 is 1.38 bits per heavy atom. The minimum atomic E-state index is -5.11. The minimum absolute atomic E-state index is 0.178. The lowest BCUT2D eigenvalue weighted by molar-refractivity contribution is -0.210. The molecule has 1 aromatic rings. The van der Waals surface area contributed by atoms with Gasteiger partial charge in [-0.05, 0) is 23.6 Å². The number of hydrogen-bond donors (Lipinski definition) is 1. The summed E-state index contributed by atoms with van der Waals surface area (Å²) in [6.45, 7) is -0.218. The number of halogens is 4. The van der Waals surface area contributed by atoms with Crippen LogP contribution in [0.4, 0.5) is 17.6 Å². The van der Waals surface area contributed by atoms with Gasteiger partial charge in [0, 0.05) is 18.7 Å².